The number of hydrogen-bond acceptors (Lipinski definition) is 5. The Morgan fingerprint density at radius 3 is 2.83 bits per heavy atom. The zero-order valence-electron chi connectivity index (χ0n) is 11.3. The van der Waals surface area contributed by atoms with Crippen LogP contribution in [0.15, 0.2) is 12.4 Å². The molecule has 5 heteroatoms. The molecule has 0 aliphatic rings. The Balaban J connectivity index is 2.28. The number of ether oxygens (including phenoxy) is 1. The third-order valence-electron chi connectivity index (χ3n) is 2.64. The van der Waals surface area contributed by atoms with Crippen molar-refractivity contribution in [1.82, 2.24) is 15.3 Å². The summed E-state index contributed by atoms with van der Waals surface area (Å²) in [4.78, 5) is 19.6. The Kier molecular flexibility index (Phi) is 6.28. The van der Waals surface area contributed by atoms with Crippen molar-refractivity contribution in [3.63, 3.8) is 0 Å². The predicted molar refractivity (Wildman–Crippen MR) is 69.1 cm³/mol. The molecule has 0 bridgehead atoms. The molecular weight excluding hydrogens is 230 g/mol. The van der Waals surface area contributed by atoms with E-state index in [9.17, 15) is 4.79 Å². The number of rotatable bonds is 7. The van der Waals surface area contributed by atoms with Gasteiger partial charge in [0.05, 0.1) is 18.0 Å². The molecule has 0 saturated carbocycles. The van der Waals surface area contributed by atoms with E-state index in [1.165, 1.54) is 0 Å². The van der Waals surface area contributed by atoms with E-state index in [0.717, 1.165) is 24.4 Å². The number of carbonyl (C=O) groups excluding carboxylic acids is 1. The van der Waals surface area contributed by atoms with Gasteiger partial charge < -0.3 is 10.1 Å². The fraction of sp³-hybridized carbons (Fsp3) is 0.615. The molecule has 1 atom stereocenters. The monoisotopic (exact) mass is 251 g/mol. The number of aromatic nitrogens is 2. The van der Waals surface area contributed by atoms with Crippen molar-refractivity contribution in [3.8, 4) is 0 Å². The van der Waals surface area contributed by atoms with Gasteiger partial charge in [-0.15, -0.1) is 0 Å². The molecule has 0 fully saturated rings. The first kappa shape index (κ1) is 14.6. The maximum Gasteiger partial charge on any atom is 0.305 e. The van der Waals surface area contributed by atoms with Gasteiger partial charge in [-0.2, -0.15) is 0 Å². The van der Waals surface area contributed by atoms with Crippen LogP contribution in [-0.4, -0.2) is 29.1 Å². The number of esters is 1. The van der Waals surface area contributed by atoms with Crippen LogP contribution < -0.4 is 5.32 Å². The molecular formula is C13H21N3O2. The molecule has 0 saturated heterocycles. The van der Waals surface area contributed by atoms with E-state index in [1.807, 2.05) is 20.8 Å². The predicted octanol–water partition coefficient (Wildman–Crippen LogP) is 1.78. The van der Waals surface area contributed by atoms with Gasteiger partial charge in [-0.3, -0.25) is 14.8 Å². The molecule has 0 aliphatic heterocycles. The van der Waals surface area contributed by atoms with Gasteiger partial charge >= 0.3 is 5.97 Å². The number of nitrogens with one attached hydrogen (secondary N) is 1. The van der Waals surface area contributed by atoms with Crippen LogP contribution in [0.3, 0.4) is 0 Å². The van der Waals surface area contributed by atoms with Gasteiger partial charge in [0.15, 0.2) is 0 Å². The normalized spacial score (nSPS) is 12.2. The van der Waals surface area contributed by atoms with Crippen LogP contribution in [-0.2, 0) is 9.53 Å². The first-order valence-electron chi connectivity index (χ1n) is 6.31. The molecule has 1 aromatic heterocycles. The molecule has 0 spiro atoms. The van der Waals surface area contributed by atoms with Crippen LogP contribution in [0.1, 0.15) is 44.1 Å². The van der Waals surface area contributed by atoms with E-state index in [2.05, 4.69) is 15.3 Å². The number of carbonyl (C=O) groups is 1. The molecule has 1 aromatic rings. The summed E-state index contributed by atoms with van der Waals surface area (Å²) in [5.74, 6) is -0.136. The van der Waals surface area contributed by atoms with Crippen LogP contribution in [0.2, 0.25) is 0 Å². The largest absolute Gasteiger partial charge is 0.466 e. The van der Waals surface area contributed by atoms with Crippen LogP contribution in [0.5, 0.6) is 0 Å². The van der Waals surface area contributed by atoms with E-state index in [1.54, 1.807) is 12.4 Å². The minimum absolute atomic E-state index is 0.136. The zero-order chi connectivity index (χ0) is 13.4. The Bertz CT molecular complexity index is 382. The second-order valence-corrected chi connectivity index (χ2v) is 4.11. The molecule has 0 amide bonds. The van der Waals surface area contributed by atoms with Gasteiger partial charge in [0.25, 0.3) is 0 Å². The minimum atomic E-state index is -0.136. The first-order chi connectivity index (χ1) is 8.65. The highest BCUT2D eigenvalue weighted by Gasteiger charge is 2.09. The molecule has 0 radical (unpaired) electrons. The second-order valence-electron chi connectivity index (χ2n) is 4.11. The average molecular weight is 251 g/mol. The van der Waals surface area contributed by atoms with Crippen molar-refractivity contribution in [1.29, 1.82) is 0 Å². The quantitative estimate of drug-likeness (QED) is 0.591. The number of hydrogen-bond donors (Lipinski definition) is 1. The Morgan fingerprint density at radius 1 is 1.44 bits per heavy atom. The average Bonchev–Trinajstić information content (AvgIpc) is 2.35. The highest BCUT2D eigenvalue weighted by Crippen LogP contribution is 2.11. The Labute approximate surface area is 108 Å². The fourth-order valence-corrected chi connectivity index (χ4v) is 1.72. The Hall–Kier alpha value is -1.49. The third-order valence-corrected chi connectivity index (χ3v) is 2.64. The second kappa shape index (κ2) is 7.76. The number of aryl methyl sites for hydroxylation is 1. The van der Waals surface area contributed by atoms with E-state index >= 15 is 0 Å². The lowest BCUT2D eigenvalue weighted by molar-refractivity contribution is -0.143. The summed E-state index contributed by atoms with van der Waals surface area (Å²) in [7, 11) is 0. The van der Waals surface area contributed by atoms with E-state index in [-0.39, 0.29) is 12.0 Å². The summed E-state index contributed by atoms with van der Waals surface area (Å²) < 4.78 is 4.86. The lowest BCUT2D eigenvalue weighted by Gasteiger charge is -2.14. The maximum absolute atomic E-state index is 11.1. The molecule has 1 unspecified atom stereocenters. The van der Waals surface area contributed by atoms with Crippen molar-refractivity contribution in [2.24, 2.45) is 0 Å². The van der Waals surface area contributed by atoms with Crippen molar-refractivity contribution in [2.45, 2.75) is 39.7 Å². The van der Waals surface area contributed by atoms with Gasteiger partial charge in [-0.25, -0.2) is 0 Å². The van der Waals surface area contributed by atoms with E-state index < -0.39 is 0 Å². The summed E-state index contributed by atoms with van der Waals surface area (Å²) in [6.07, 6.45) is 4.60. The third kappa shape index (κ3) is 4.79. The maximum atomic E-state index is 11.1. The number of nitrogens with zero attached hydrogens (tertiary/aromatic N) is 2. The first-order valence-corrected chi connectivity index (χ1v) is 6.31. The summed E-state index contributed by atoms with van der Waals surface area (Å²) in [5.41, 5.74) is 1.89. The standard InChI is InChI=1S/C13H21N3O2/c1-4-18-12(17)6-5-7-14-10(2)13-11(3)15-8-9-16-13/h8-10,14H,4-7H2,1-3H3. The summed E-state index contributed by atoms with van der Waals surface area (Å²) >= 11 is 0. The highest BCUT2D eigenvalue weighted by molar-refractivity contribution is 5.69. The Morgan fingerprint density at radius 2 is 2.17 bits per heavy atom. The molecule has 1 N–H and O–H groups in total. The summed E-state index contributed by atoms with van der Waals surface area (Å²) in [5, 5.41) is 3.33. The fourth-order valence-electron chi connectivity index (χ4n) is 1.72. The van der Waals surface area contributed by atoms with Gasteiger partial charge in [-0.05, 0) is 33.7 Å². The zero-order valence-corrected chi connectivity index (χ0v) is 11.3. The van der Waals surface area contributed by atoms with Crippen LogP contribution in [0.25, 0.3) is 0 Å². The molecule has 5 nitrogen and oxygen atoms in total. The molecule has 1 heterocycles. The molecule has 0 aliphatic carbocycles. The molecule has 0 aromatic carbocycles. The van der Waals surface area contributed by atoms with Crippen molar-refractivity contribution in [2.75, 3.05) is 13.2 Å². The van der Waals surface area contributed by atoms with Crippen LogP contribution in [0.4, 0.5) is 0 Å². The molecule has 100 valence electrons. The van der Waals surface area contributed by atoms with Gasteiger partial charge in [0.2, 0.25) is 0 Å². The van der Waals surface area contributed by atoms with E-state index in [0.29, 0.717) is 13.0 Å². The summed E-state index contributed by atoms with van der Waals surface area (Å²) in [6, 6.07) is 0.140. The van der Waals surface area contributed by atoms with Crippen molar-refractivity contribution in [3.05, 3.63) is 23.8 Å². The smallest absolute Gasteiger partial charge is 0.305 e. The van der Waals surface area contributed by atoms with Gasteiger partial charge in [0, 0.05) is 24.9 Å². The molecule has 18 heavy (non-hydrogen) atoms. The minimum Gasteiger partial charge on any atom is -0.466 e. The summed E-state index contributed by atoms with van der Waals surface area (Å²) in [6.45, 7) is 7.01. The SMILES string of the molecule is CCOC(=O)CCCNC(C)c1nccnc1C. The lowest BCUT2D eigenvalue weighted by Crippen LogP contribution is -2.22. The van der Waals surface area contributed by atoms with Crippen molar-refractivity contribution < 1.29 is 9.53 Å². The topological polar surface area (TPSA) is 64.1 Å². The van der Waals surface area contributed by atoms with Crippen molar-refractivity contribution >= 4 is 5.97 Å². The van der Waals surface area contributed by atoms with Gasteiger partial charge in [-0.1, -0.05) is 0 Å². The highest BCUT2D eigenvalue weighted by atomic mass is 16.5. The lowest BCUT2D eigenvalue weighted by atomic mass is 10.2. The van der Waals surface area contributed by atoms with Crippen LogP contribution in [0, 0.1) is 6.92 Å². The van der Waals surface area contributed by atoms with E-state index in [4.69, 9.17) is 4.74 Å². The molecule has 1 rings (SSSR count). The van der Waals surface area contributed by atoms with Gasteiger partial charge in [0.1, 0.15) is 0 Å². The van der Waals surface area contributed by atoms with Crippen LogP contribution >= 0.6 is 0 Å².